The maximum absolute atomic E-state index is 6.94. The fourth-order valence-electron chi connectivity index (χ4n) is 18.6. The highest BCUT2D eigenvalue weighted by atomic mass is 16.5. The van der Waals surface area contributed by atoms with Crippen molar-refractivity contribution in [3.8, 4) is 102 Å². The quantitative estimate of drug-likeness (QED) is 0.0265. The van der Waals surface area contributed by atoms with E-state index < -0.39 is 0 Å². The van der Waals surface area contributed by atoms with E-state index in [0.717, 1.165) is 258 Å². The summed E-state index contributed by atoms with van der Waals surface area (Å²) in [6.07, 6.45) is 60.2. The van der Waals surface area contributed by atoms with E-state index in [0.29, 0.717) is 75.7 Å². The maximum Gasteiger partial charge on any atom is 0.123 e. The van der Waals surface area contributed by atoms with Crippen molar-refractivity contribution in [2.24, 2.45) is 0 Å². The first kappa shape index (κ1) is 95.1. The van der Waals surface area contributed by atoms with E-state index in [2.05, 4.69) is 244 Å². The average Bonchev–Trinajstić information content (AvgIpc) is 1.60. The number of nitrogens with zero attached hydrogens (tertiary/aromatic N) is 4. The van der Waals surface area contributed by atoms with Crippen LogP contribution in [0, 0.1) is 0 Å². The zero-order chi connectivity index (χ0) is 90.7. The number of unbranched alkanes of at least 4 members (excludes halogenated alkanes) is 30. The number of aromatic nitrogens is 8. The lowest BCUT2D eigenvalue weighted by molar-refractivity contribution is 0.262. The van der Waals surface area contributed by atoms with E-state index in [-0.39, 0.29) is 0 Å². The Labute approximate surface area is 784 Å². The van der Waals surface area contributed by atoms with E-state index in [9.17, 15) is 0 Å². The molecule has 6 aromatic heterocycles. The molecular weight excluding hydrogens is 1630 g/mol. The number of H-pyrrole nitrogens is 4. The molecular formula is C116H144N8O8. The lowest BCUT2D eigenvalue weighted by atomic mass is 10.0. The highest BCUT2D eigenvalue weighted by molar-refractivity contribution is 6.05. The van der Waals surface area contributed by atoms with Gasteiger partial charge in [-0.2, -0.15) is 0 Å². The summed E-state index contributed by atoms with van der Waals surface area (Å²) in [5.74, 6) is 5.88. The molecule has 4 aromatic carbocycles. The van der Waals surface area contributed by atoms with Crippen LogP contribution in [0.15, 0.2) is 133 Å². The van der Waals surface area contributed by atoms with Gasteiger partial charge in [0.2, 0.25) is 0 Å². The van der Waals surface area contributed by atoms with Gasteiger partial charge in [0.05, 0.1) is 98.4 Å². The molecule has 4 N–H and O–H groups in total. The average molecular weight is 1780 g/mol. The Balaban J connectivity index is 1.02. The molecule has 0 spiro atoms. The summed E-state index contributed by atoms with van der Waals surface area (Å²) >= 11 is 0. The van der Waals surface area contributed by atoms with Crippen molar-refractivity contribution in [1.29, 1.82) is 0 Å². The predicted molar refractivity (Wildman–Crippen MR) is 552 cm³/mol. The third kappa shape index (κ3) is 26.7. The lowest BCUT2D eigenvalue weighted by Gasteiger charge is -2.15. The molecule has 16 nitrogen and oxygen atoms in total. The SMILES string of the molecule is CCCCCCCCOc1cc(OCCCCCCCC)cc(-c2c3nc(c4c5ccc([nH]5)c(c5nc(cc6ccc2[nH]6)C=C5)-c2cc(OCCCCCCCC)cc(c2)OCCCCOc2cc(OCCCCCCCC)cc(c2)-c2c5nc(cc6ccc([nH]6)c(-c6cc(OCCCCCCCC)cc(OCCCCCCCC)c6)c6nc(c-4c4ccc2[nH]4)C=C6)C=C5)C=C3)c1. The summed E-state index contributed by atoms with van der Waals surface area (Å²) in [7, 11) is 0. The topological polar surface area (TPSA) is 189 Å². The number of aromatic amines is 4. The molecule has 0 saturated heterocycles. The molecule has 0 fully saturated rings. The Morgan fingerprint density at radius 2 is 0.462 bits per heavy atom. The number of benzene rings is 4. The fraction of sp³-hybridized carbons (Fsp3) is 0.448. The number of nitrogens with one attached hydrogen (secondary N) is 4. The molecule has 0 radical (unpaired) electrons. The lowest BCUT2D eigenvalue weighted by Crippen LogP contribution is -2.04. The van der Waals surface area contributed by atoms with Crippen LogP contribution in [0.25, 0.3) is 148 Å². The number of rotatable bonds is 50. The van der Waals surface area contributed by atoms with Crippen molar-refractivity contribution in [2.75, 3.05) is 52.9 Å². The molecule has 132 heavy (non-hydrogen) atoms. The van der Waals surface area contributed by atoms with Crippen LogP contribution in [0.5, 0.6) is 46.0 Å². The second kappa shape index (κ2) is 50.4. The Kier molecular flexibility index (Phi) is 36.3. The summed E-state index contributed by atoms with van der Waals surface area (Å²) in [6.45, 7) is 18.0. The second-order valence-corrected chi connectivity index (χ2v) is 36.6. The number of hydrogen-bond acceptors (Lipinski definition) is 12. The van der Waals surface area contributed by atoms with Crippen molar-refractivity contribution >= 4 is 92.7 Å². The molecule has 696 valence electrons. The predicted octanol–water partition coefficient (Wildman–Crippen LogP) is 32.9. The highest BCUT2D eigenvalue weighted by Gasteiger charge is 2.26. The normalized spacial score (nSPS) is 12.7. The van der Waals surface area contributed by atoms with E-state index in [4.69, 9.17) is 57.8 Å². The Hall–Kier alpha value is -11.5. The Morgan fingerprint density at radius 1 is 0.227 bits per heavy atom. The summed E-state index contributed by atoms with van der Waals surface area (Å²) < 4.78 is 55.2. The first-order valence-corrected chi connectivity index (χ1v) is 51.1. The minimum atomic E-state index is 0.450. The van der Waals surface area contributed by atoms with Gasteiger partial charge in [-0.1, -0.05) is 234 Å². The molecule has 5 aliphatic rings. The molecule has 24 bridgehead atoms. The van der Waals surface area contributed by atoms with E-state index >= 15 is 0 Å². The summed E-state index contributed by atoms with van der Waals surface area (Å²) in [6, 6.07) is 47.4. The highest BCUT2D eigenvalue weighted by Crippen LogP contribution is 2.46. The van der Waals surface area contributed by atoms with Crippen molar-refractivity contribution in [3.63, 3.8) is 0 Å². The van der Waals surface area contributed by atoms with Gasteiger partial charge >= 0.3 is 0 Å². The first-order valence-electron chi connectivity index (χ1n) is 51.1. The van der Waals surface area contributed by atoms with Crippen molar-refractivity contribution in [1.82, 2.24) is 39.9 Å². The maximum atomic E-state index is 6.94. The van der Waals surface area contributed by atoms with Crippen molar-refractivity contribution in [2.45, 2.75) is 286 Å². The standard InChI is InChI=1S/C116H144N8O8/c1-7-13-19-25-31-37-61-125-91-69-83(70-92(79-91)126-62-38-32-26-20-14-8-2)111-99-49-45-87(117-99)77-89-47-51-101(119-89)113-85-73-95(129-65-41-35-29-23-17-11-5)81-97(75-85)131-67-43-44-68-132-98-76-86(74-96(82-98)130-66-42-36-30-24-18-12-6)114-102-52-48-90(120-102)78-88-46-50-100(118-88)112(84-71-93(127-63-39-33-27-21-15-9-3)80-94(72-84)128-64-40-34-28-22-16-10-4)104-54-58-108(122-104)116(110-60-56-106(114)124-110)115(107-57-53-103(111)121-107)109-59-55-105(113)123-109/h45-60,69-82,117-118,123-124H,7-44,61-68H2,1-6H3. The van der Waals surface area contributed by atoms with Gasteiger partial charge in [0.15, 0.2) is 0 Å². The molecule has 0 saturated carbocycles. The fourth-order valence-corrected chi connectivity index (χ4v) is 18.6. The summed E-state index contributed by atoms with van der Waals surface area (Å²) in [4.78, 5) is 39.6. The monoisotopic (exact) mass is 1780 g/mol. The number of fused-ring (bicyclic) bond motifs is 23. The van der Waals surface area contributed by atoms with Gasteiger partial charge in [0.1, 0.15) is 46.0 Å². The van der Waals surface area contributed by atoms with Crippen LogP contribution >= 0.6 is 0 Å². The molecule has 11 heterocycles. The molecule has 0 aliphatic carbocycles. The minimum absolute atomic E-state index is 0.450. The zero-order valence-electron chi connectivity index (χ0n) is 79.9. The van der Waals surface area contributed by atoms with Crippen LogP contribution in [-0.2, 0) is 0 Å². The molecule has 10 aromatic rings. The molecule has 15 rings (SSSR count). The van der Waals surface area contributed by atoms with Gasteiger partial charge in [0, 0.05) is 102 Å². The van der Waals surface area contributed by atoms with Gasteiger partial charge in [-0.25, -0.2) is 19.9 Å². The van der Waals surface area contributed by atoms with E-state index in [1.807, 2.05) is 0 Å². The van der Waals surface area contributed by atoms with Crippen LogP contribution in [-0.4, -0.2) is 92.7 Å². The number of hydrogen-bond donors (Lipinski definition) is 4. The van der Waals surface area contributed by atoms with E-state index in [1.165, 1.54) is 154 Å². The smallest absolute Gasteiger partial charge is 0.123 e. The van der Waals surface area contributed by atoms with E-state index in [1.54, 1.807) is 0 Å². The largest absolute Gasteiger partial charge is 0.493 e. The summed E-state index contributed by atoms with van der Waals surface area (Å²) in [5, 5.41) is 0. The van der Waals surface area contributed by atoms with Gasteiger partial charge in [-0.15, -0.1) is 0 Å². The van der Waals surface area contributed by atoms with Crippen molar-refractivity contribution in [3.05, 3.63) is 179 Å². The van der Waals surface area contributed by atoms with Crippen LogP contribution < -0.4 is 37.9 Å². The first-order chi connectivity index (χ1) is 65.2. The molecule has 0 atom stereocenters. The van der Waals surface area contributed by atoms with Crippen LogP contribution in [0.1, 0.15) is 331 Å². The summed E-state index contributed by atoms with van der Waals surface area (Å²) in [5.41, 5.74) is 21.4. The number of ether oxygens (including phenoxy) is 8. The third-order valence-electron chi connectivity index (χ3n) is 25.8. The Bertz CT molecular complexity index is 5480. The van der Waals surface area contributed by atoms with Crippen molar-refractivity contribution < 1.29 is 37.9 Å². The minimum Gasteiger partial charge on any atom is -0.493 e. The van der Waals surface area contributed by atoms with Crippen LogP contribution in [0.3, 0.4) is 0 Å². The van der Waals surface area contributed by atoms with Gasteiger partial charge in [-0.05, 0) is 231 Å². The molecule has 16 heteroatoms. The van der Waals surface area contributed by atoms with Crippen LogP contribution in [0.2, 0.25) is 0 Å². The Morgan fingerprint density at radius 3 is 0.765 bits per heavy atom. The second-order valence-electron chi connectivity index (χ2n) is 36.6. The molecule has 0 unspecified atom stereocenters. The molecule has 0 amide bonds. The van der Waals surface area contributed by atoms with Crippen LogP contribution in [0.4, 0.5) is 0 Å². The third-order valence-corrected chi connectivity index (χ3v) is 25.8. The zero-order valence-corrected chi connectivity index (χ0v) is 79.9. The van der Waals surface area contributed by atoms with Gasteiger partial charge < -0.3 is 57.8 Å². The van der Waals surface area contributed by atoms with Gasteiger partial charge in [0.25, 0.3) is 0 Å². The van der Waals surface area contributed by atoms with Gasteiger partial charge in [-0.3, -0.25) is 0 Å². The molecule has 5 aliphatic heterocycles.